The Hall–Kier alpha value is -2.98. The number of fused-ring (bicyclic) bond motifs is 1. The first-order valence-corrected chi connectivity index (χ1v) is 7.72. The van der Waals surface area contributed by atoms with Crippen molar-refractivity contribution >= 4 is 34.1 Å². The van der Waals surface area contributed by atoms with Gasteiger partial charge in [0, 0.05) is 13.0 Å². The van der Waals surface area contributed by atoms with Gasteiger partial charge in [0.25, 0.3) is 11.8 Å². The van der Waals surface area contributed by atoms with E-state index in [-0.39, 0.29) is 30.7 Å². The first-order valence-electron chi connectivity index (χ1n) is 6.84. The molecule has 0 unspecified atom stereocenters. The van der Waals surface area contributed by atoms with Gasteiger partial charge >= 0.3 is 0 Å². The number of rotatable bonds is 4. The molecule has 1 aromatic heterocycles. The molecule has 0 saturated heterocycles. The fourth-order valence-corrected chi connectivity index (χ4v) is 3.09. The average molecular weight is 325 g/mol. The van der Waals surface area contributed by atoms with Crippen molar-refractivity contribution in [3.05, 3.63) is 52.4 Å². The Morgan fingerprint density at radius 1 is 1.17 bits per heavy atom. The minimum atomic E-state index is -0.382. The van der Waals surface area contributed by atoms with Crippen LogP contribution in [0.25, 0.3) is 0 Å². The highest BCUT2D eigenvalue weighted by Gasteiger charge is 2.34. The van der Waals surface area contributed by atoms with Crippen molar-refractivity contribution in [2.75, 3.05) is 11.9 Å². The lowest BCUT2D eigenvalue weighted by Crippen LogP contribution is -2.32. The maximum Gasteiger partial charge on any atom is 0.261 e. The standard InChI is InChI=1S/C16H11N3O3S/c17-9-10-6-8-23-14(10)18-13(20)5-7-19-15(21)11-3-1-2-4-12(11)16(19)22/h1-4,6,8H,5,7H2,(H,18,20). The van der Waals surface area contributed by atoms with Gasteiger partial charge in [0.1, 0.15) is 11.1 Å². The minimum Gasteiger partial charge on any atom is -0.317 e. The number of carbonyl (C=O) groups excluding carboxylic acids is 3. The van der Waals surface area contributed by atoms with Crippen LogP contribution in [0.1, 0.15) is 32.7 Å². The van der Waals surface area contributed by atoms with Crippen LogP contribution in [0.4, 0.5) is 5.00 Å². The predicted octanol–water partition coefficient (Wildman–Crippen LogP) is 2.24. The number of hydrogen-bond acceptors (Lipinski definition) is 5. The van der Waals surface area contributed by atoms with Crippen molar-refractivity contribution in [3.8, 4) is 6.07 Å². The molecule has 0 spiro atoms. The second kappa shape index (κ2) is 6.02. The van der Waals surface area contributed by atoms with Crippen molar-refractivity contribution in [3.63, 3.8) is 0 Å². The van der Waals surface area contributed by atoms with Gasteiger partial charge in [0.05, 0.1) is 16.7 Å². The molecule has 7 heteroatoms. The number of nitrogens with one attached hydrogen (secondary N) is 1. The molecule has 0 saturated carbocycles. The van der Waals surface area contributed by atoms with Crippen LogP contribution in [0.5, 0.6) is 0 Å². The van der Waals surface area contributed by atoms with E-state index in [0.29, 0.717) is 21.7 Å². The number of thiophene rings is 1. The Bertz CT molecular complexity index is 815. The Kier molecular flexibility index (Phi) is 3.91. The highest BCUT2D eigenvalue weighted by Crippen LogP contribution is 2.24. The maximum absolute atomic E-state index is 12.2. The third-order valence-corrected chi connectivity index (χ3v) is 4.31. The van der Waals surface area contributed by atoms with Gasteiger partial charge in [-0.25, -0.2) is 0 Å². The third-order valence-electron chi connectivity index (χ3n) is 3.48. The molecule has 2 aromatic rings. The Morgan fingerprint density at radius 2 is 1.83 bits per heavy atom. The smallest absolute Gasteiger partial charge is 0.261 e. The lowest BCUT2D eigenvalue weighted by Gasteiger charge is -2.13. The van der Waals surface area contributed by atoms with E-state index in [1.165, 1.54) is 11.3 Å². The van der Waals surface area contributed by atoms with E-state index in [1.807, 2.05) is 6.07 Å². The first kappa shape index (κ1) is 14.9. The van der Waals surface area contributed by atoms with Crippen LogP contribution in [-0.4, -0.2) is 29.2 Å². The summed E-state index contributed by atoms with van der Waals surface area (Å²) in [6, 6.07) is 10.2. The Labute approximate surface area is 135 Å². The second-order valence-electron chi connectivity index (χ2n) is 4.88. The summed E-state index contributed by atoms with van der Waals surface area (Å²) in [6.07, 6.45) is -0.0196. The summed E-state index contributed by atoms with van der Waals surface area (Å²) >= 11 is 1.25. The average Bonchev–Trinajstić information content (AvgIpc) is 3.10. The zero-order valence-corrected chi connectivity index (χ0v) is 12.7. The highest BCUT2D eigenvalue weighted by atomic mass is 32.1. The molecule has 0 aliphatic carbocycles. The Balaban J connectivity index is 1.64. The molecule has 0 atom stereocenters. The molecule has 2 heterocycles. The van der Waals surface area contributed by atoms with Crippen LogP contribution in [-0.2, 0) is 4.79 Å². The molecule has 3 amide bonds. The van der Waals surface area contributed by atoms with E-state index >= 15 is 0 Å². The molecule has 0 radical (unpaired) electrons. The third kappa shape index (κ3) is 2.72. The Morgan fingerprint density at radius 3 is 2.43 bits per heavy atom. The van der Waals surface area contributed by atoms with Gasteiger partial charge in [0.2, 0.25) is 5.91 Å². The topological polar surface area (TPSA) is 90.3 Å². The lowest BCUT2D eigenvalue weighted by molar-refractivity contribution is -0.116. The summed E-state index contributed by atoms with van der Waals surface area (Å²) in [5.41, 5.74) is 1.12. The molecule has 1 aliphatic heterocycles. The predicted molar refractivity (Wildman–Crippen MR) is 84.1 cm³/mol. The quantitative estimate of drug-likeness (QED) is 0.873. The molecule has 0 bridgehead atoms. The van der Waals surface area contributed by atoms with E-state index < -0.39 is 0 Å². The van der Waals surface area contributed by atoms with Crippen molar-refractivity contribution in [1.82, 2.24) is 4.90 Å². The second-order valence-corrected chi connectivity index (χ2v) is 5.80. The molecule has 114 valence electrons. The van der Waals surface area contributed by atoms with E-state index in [9.17, 15) is 14.4 Å². The minimum absolute atomic E-state index is 0.00540. The number of anilines is 1. The van der Waals surface area contributed by atoms with Crippen LogP contribution < -0.4 is 5.32 Å². The van der Waals surface area contributed by atoms with E-state index in [2.05, 4.69) is 5.32 Å². The van der Waals surface area contributed by atoms with E-state index in [1.54, 1.807) is 35.7 Å². The molecule has 0 fully saturated rings. The molecule has 1 aromatic carbocycles. The van der Waals surface area contributed by atoms with E-state index in [4.69, 9.17) is 5.26 Å². The first-order chi connectivity index (χ1) is 11.1. The number of nitrogens with zero attached hydrogens (tertiary/aromatic N) is 2. The summed E-state index contributed by atoms with van der Waals surface area (Å²) < 4.78 is 0. The van der Waals surface area contributed by atoms with Crippen LogP contribution >= 0.6 is 11.3 Å². The van der Waals surface area contributed by atoms with Gasteiger partial charge in [-0.2, -0.15) is 5.26 Å². The molecule has 6 nitrogen and oxygen atoms in total. The number of hydrogen-bond donors (Lipinski definition) is 1. The molecular weight excluding hydrogens is 314 g/mol. The largest absolute Gasteiger partial charge is 0.317 e. The van der Waals surface area contributed by atoms with E-state index in [0.717, 1.165) is 4.90 Å². The fraction of sp³-hybridized carbons (Fsp3) is 0.125. The van der Waals surface area contributed by atoms with Crippen LogP contribution in [0.15, 0.2) is 35.7 Å². The zero-order chi connectivity index (χ0) is 16.4. The van der Waals surface area contributed by atoms with Crippen LogP contribution in [0, 0.1) is 11.3 Å². The number of amides is 3. The number of nitriles is 1. The fourth-order valence-electron chi connectivity index (χ4n) is 2.34. The molecule has 23 heavy (non-hydrogen) atoms. The van der Waals surface area contributed by atoms with Crippen molar-refractivity contribution in [2.24, 2.45) is 0 Å². The van der Waals surface area contributed by atoms with Crippen molar-refractivity contribution in [2.45, 2.75) is 6.42 Å². The SMILES string of the molecule is N#Cc1ccsc1NC(=O)CCN1C(=O)c2ccccc2C1=O. The monoisotopic (exact) mass is 325 g/mol. The van der Waals surface area contributed by atoms with Crippen LogP contribution in [0.3, 0.4) is 0 Å². The van der Waals surface area contributed by atoms with Gasteiger partial charge in [-0.15, -0.1) is 11.3 Å². The van der Waals surface area contributed by atoms with Gasteiger partial charge in [-0.1, -0.05) is 12.1 Å². The van der Waals surface area contributed by atoms with Gasteiger partial charge in [-0.05, 0) is 23.6 Å². The lowest BCUT2D eigenvalue weighted by atomic mass is 10.1. The van der Waals surface area contributed by atoms with Gasteiger partial charge in [0.15, 0.2) is 0 Å². The summed E-state index contributed by atoms with van der Waals surface area (Å²) in [5, 5.41) is 13.7. The van der Waals surface area contributed by atoms with Crippen molar-refractivity contribution < 1.29 is 14.4 Å². The summed E-state index contributed by atoms with van der Waals surface area (Å²) in [7, 11) is 0. The summed E-state index contributed by atoms with van der Waals surface area (Å²) in [5.74, 6) is -1.11. The van der Waals surface area contributed by atoms with Gasteiger partial charge in [-0.3, -0.25) is 19.3 Å². The van der Waals surface area contributed by atoms with Crippen molar-refractivity contribution in [1.29, 1.82) is 5.26 Å². The maximum atomic E-state index is 12.2. The summed E-state index contributed by atoms with van der Waals surface area (Å²) in [4.78, 5) is 37.4. The zero-order valence-electron chi connectivity index (χ0n) is 11.9. The molecular formula is C16H11N3O3S. The van der Waals surface area contributed by atoms with Gasteiger partial charge < -0.3 is 5.32 Å². The number of benzene rings is 1. The molecule has 1 aliphatic rings. The highest BCUT2D eigenvalue weighted by molar-refractivity contribution is 7.14. The van der Waals surface area contributed by atoms with Crippen LogP contribution in [0.2, 0.25) is 0 Å². The molecule has 3 rings (SSSR count). The summed E-state index contributed by atoms with van der Waals surface area (Å²) in [6.45, 7) is 0.00540. The number of imide groups is 1. The molecule has 1 N–H and O–H groups in total. The normalized spacial score (nSPS) is 12.9. The number of carbonyl (C=O) groups is 3.